The highest BCUT2D eigenvalue weighted by atomic mass is 16.7. The van der Waals surface area contributed by atoms with Gasteiger partial charge in [0, 0.05) is 12.8 Å². The van der Waals surface area contributed by atoms with Gasteiger partial charge < -0.3 is 39.0 Å². The predicted octanol–water partition coefficient (Wildman–Crippen LogP) is 16.1. The van der Waals surface area contributed by atoms with Gasteiger partial charge in [0.05, 0.1) is 13.0 Å². The van der Waals surface area contributed by atoms with Crippen molar-refractivity contribution in [2.45, 2.75) is 237 Å². The van der Waals surface area contributed by atoms with Gasteiger partial charge in [0.15, 0.2) is 24.6 Å². The molecule has 0 aromatic rings. The van der Waals surface area contributed by atoms with Gasteiger partial charge in [-0.1, -0.05) is 217 Å². The molecular weight excluding hydrogens is 1020 g/mol. The van der Waals surface area contributed by atoms with E-state index in [1.54, 1.807) is 6.08 Å². The molecule has 0 aromatic heterocycles. The Morgan fingerprint density at radius 2 is 0.778 bits per heavy atom. The average molecular weight is 1130 g/mol. The van der Waals surface area contributed by atoms with E-state index in [9.17, 15) is 34.5 Å². The summed E-state index contributed by atoms with van der Waals surface area (Å²) in [6.45, 7) is 5.53. The molecule has 12 nitrogen and oxygen atoms in total. The molecule has 0 bridgehead atoms. The standard InChI is InChI=1S/C69H104O12/c1-4-7-10-13-16-19-22-25-28-30-31-33-35-37-40-43-46-49-52-55-61(70)77-58-60(79-62(71)56-53-50-47-44-41-38-34-27-24-21-18-15-12-9-6-3)59-78-69-67(65(74)64(73)66(81-69)68(75)76)80-63(72)57-54-51-48-45-42-39-36-32-29-26-23-20-17-14-11-8-5-2/h7-12,16-21,25-29,31,33-34,36,39,41,44,50,53,60,64-67,69,73-74H,4-6,13-15,22-24,30,32,35,37-38,40,42-43,45-49,51-52,54-59H2,1-3H3,(H,75,76)/b10-7-,11-8-,12-9-,19-16-,20-17-,21-18-,28-25-,29-26-,33-31-,34-27-,39-36-,44-41-,53-50-. The van der Waals surface area contributed by atoms with E-state index in [4.69, 9.17) is 23.7 Å². The summed E-state index contributed by atoms with van der Waals surface area (Å²) in [5, 5.41) is 31.5. The maximum atomic E-state index is 13.1. The van der Waals surface area contributed by atoms with E-state index in [1.807, 2.05) is 18.2 Å². The van der Waals surface area contributed by atoms with Crippen molar-refractivity contribution in [3.05, 3.63) is 158 Å². The van der Waals surface area contributed by atoms with Crippen molar-refractivity contribution >= 4 is 23.9 Å². The van der Waals surface area contributed by atoms with E-state index in [0.29, 0.717) is 19.3 Å². The molecule has 0 aliphatic carbocycles. The highest BCUT2D eigenvalue weighted by Crippen LogP contribution is 2.26. The molecule has 1 aliphatic rings. The molecular formula is C69H104O12. The third-order valence-electron chi connectivity index (χ3n) is 12.6. The number of aliphatic carboxylic acids is 1. The third kappa shape index (κ3) is 44.7. The first-order valence-electron chi connectivity index (χ1n) is 30.5. The number of allylic oxidation sites excluding steroid dienone is 25. The van der Waals surface area contributed by atoms with Crippen molar-refractivity contribution in [3.63, 3.8) is 0 Å². The number of unbranched alkanes of at least 4 members (excludes halogenated alkanes) is 10. The van der Waals surface area contributed by atoms with Gasteiger partial charge in [0.1, 0.15) is 18.8 Å². The Morgan fingerprint density at radius 3 is 1.19 bits per heavy atom. The van der Waals surface area contributed by atoms with E-state index >= 15 is 0 Å². The van der Waals surface area contributed by atoms with E-state index < -0.39 is 67.3 Å². The predicted molar refractivity (Wildman–Crippen MR) is 330 cm³/mol. The van der Waals surface area contributed by atoms with Gasteiger partial charge in [-0.15, -0.1) is 0 Å². The summed E-state index contributed by atoms with van der Waals surface area (Å²) in [4.78, 5) is 51.2. The summed E-state index contributed by atoms with van der Waals surface area (Å²) in [5.41, 5.74) is 0. The SMILES string of the molecule is CC/C=C\C/C=C\C/C=C\C/C=C\C/C=C\CC(=O)OC(COC(=O)CCCCCCCC/C=C\C/C=C\C/C=C\C/C=C\CC)COC1OC(C(=O)O)C(O)C(O)C1OC(=O)CCCCCC/C=C\C/C=C\C/C=C\C/C=C\CC. The first kappa shape index (κ1) is 73.4. The van der Waals surface area contributed by atoms with Gasteiger partial charge in [0.25, 0.3) is 0 Å². The third-order valence-corrected chi connectivity index (χ3v) is 12.6. The van der Waals surface area contributed by atoms with Gasteiger partial charge in [-0.05, 0) is 122 Å². The second-order valence-electron chi connectivity index (χ2n) is 19.9. The fourth-order valence-corrected chi connectivity index (χ4v) is 8.07. The van der Waals surface area contributed by atoms with Crippen molar-refractivity contribution in [2.75, 3.05) is 13.2 Å². The molecule has 1 aliphatic heterocycles. The zero-order valence-electron chi connectivity index (χ0n) is 49.7. The van der Waals surface area contributed by atoms with E-state index in [-0.39, 0.29) is 25.9 Å². The second kappa shape index (κ2) is 54.9. The smallest absolute Gasteiger partial charge is 0.335 e. The topological polar surface area (TPSA) is 175 Å². The van der Waals surface area contributed by atoms with Gasteiger partial charge in [-0.25, -0.2) is 4.79 Å². The van der Waals surface area contributed by atoms with Crippen LogP contribution in [0.5, 0.6) is 0 Å². The number of aliphatic hydroxyl groups is 2. The van der Waals surface area contributed by atoms with Crippen LogP contribution in [0.25, 0.3) is 0 Å². The molecule has 3 N–H and O–H groups in total. The molecule has 1 saturated heterocycles. The number of ether oxygens (including phenoxy) is 5. The van der Waals surface area contributed by atoms with Crippen LogP contribution in [0.4, 0.5) is 0 Å². The van der Waals surface area contributed by atoms with Crippen LogP contribution in [0.2, 0.25) is 0 Å². The number of carboxylic acids is 1. The Kier molecular flexibility index (Phi) is 49.7. The lowest BCUT2D eigenvalue weighted by Gasteiger charge is -2.40. The monoisotopic (exact) mass is 1120 g/mol. The fourth-order valence-electron chi connectivity index (χ4n) is 8.07. The largest absolute Gasteiger partial charge is 0.479 e. The molecule has 6 unspecified atom stereocenters. The summed E-state index contributed by atoms with van der Waals surface area (Å²) >= 11 is 0. The number of hydrogen-bond donors (Lipinski definition) is 3. The maximum Gasteiger partial charge on any atom is 0.335 e. The summed E-state index contributed by atoms with van der Waals surface area (Å²) in [7, 11) is 0. The molecule has 12 heteroatoms. The first-order chi connectivity index (χ1) is 39.6. The number of hydrogen-bond acceptors (Lipinski definition) is 11. The number of esters is 3. The molecule has 1 rings (SSSR count). The molecule has 81 heavy (non-hydrogen) atoms. The Hall–Kier alpha value is -5.66. The zero-order valence-corrected chi connectivity index (χ0v) is 49.7. The number of carbonyl (C=O) groups is 4. The van der Waals surface area contributed by atoms with Crippen LogP contribution in [-0.2, 0) is 42.9 Å². The van der Waals surface area contributed by atoms with Gasteiger partial charge in [-0.3, -0.25) is 14.4 Å². The van der Waals surface area contributed by atoms with Crippen LogP contribution in [-0.4, -0.2) is 89.2 Å². The molecule has 0 aromatic carbocycles. The van der Waals surface area contributed by atoms with Crippen LogP contribution in [0, 0.1) is 0 Å². The summed E-state index contributed by atoms with van der Waals surface area (Å²) in [6, 6.07) is 0. The van der Waals surface area contributed by atoms with Crippen LogP contribution >= 0.6 is 0 Å². The van der Waals surface area contributed by atoms with E-state index in [1.165, 1.54) is 0 Å². The quantitative estimate of drug-likeness (QED) is 0.0228. The Labute approximate surface area is 488 Å². The number of aliphatic hydroxyl groups excluding tert-OH is 2. The van der Waals surface area contributed by atoms with Gasteiger partial charge >= 0.3 is 23.9 Å². The maximum absolute atomic E-state index is 13.1. The highest BCUT2D eigenvalue weighted by molar-refractivity contribution is 5.74. The molecule has 0 radical (unpaired) electrons. The minimum absolute atomic E-state index is 0.0109. The highest BCUT2D eigenvalue weighted by Gasteiger charge is 2.50. The molecule has 452 valence electrons. The minimum atomic E-state index is -1.94. The van der Waals surface area contributed by atoms with Crippen molar-refractivity contribution in [2.24, 2.45) is 0 Å². The Morgan fingerprint density at radius 1 is 0.420 bits per heavy atom. The zero-order chi connectivity index (χ0) is 58.9. The molecule has 6 atom stereocenters. The summed E-state index contributed by atoms with van der Waals surface area (Å²) < 4.78 is 28.3. The van der Waals surface area contributed by atoms with Crippen molar-refractivity contribution < 1.29 is 58.2 Å². The van der Waals surface area contributed by atoms with Crippen molar-refractivity contribution in [3.8, 4) is 0 Å². The average Bonchev–Trinajstić information content (AvgIpc) is 3.53. The lowest BCUT2D eigenvalue weighted by molar-refractivity contribution is -0.301. The summed E-state index contributed by atoms with van der Waals surface area (Å²) in [5.74, 6) is -3.37. The van der Waals surface area contributed by atoms with Gasteiger partial charge in [-0.2, -0.15) is 0 Å². The van der Waals surface area contributed by atoms with E-state index in [0.717, 1.165) is 141 Å². The van der Waals surface area contributed by atoms with Crippen molar-refractivity contribution in [1.82, 2.24) is 0 Å². The fraction of sp³-hybridized carbons (Fsp3) is 0.565. The van der Waals surface area contributed by atoms with Crippen LogP contribution < -0.4 is 0 Å². The summed E-state index contributed by atoms with van der Waals surface area (Å²) in [6.07, 6.45) is 68.0. The van der Waals surface area contributed by atoms with Crippen LogP contribution in [0.15, 0.2) is 158 Å². The molecule has 1 fully saturated rings. The lowest BCUT2D eigenvalue weighted by Crippen LogP contribution is -2.61. The molecule has 0 amide bonds. The van der Waals surface area contributed by atoms with Crippen LogP contribution in [0.3, 0.4) is 0 Å². The first-order valence-corrected chi connectivity index (χ1v) is 30.5. The normalized spacial score (nSPS) is 18.9. The number of carboxylic acid groups (broad SMARTS) is 1. The van der Waals surface area contributed by atoms with Crippen LogP contribution in [0.1, 0.15) is 201 Å². The number of carbonyl (C=O) groups excluding carboxylic acids is 3. The Balaban J connectivity index is 2.76. The minimum Gasteiger partial charge on any atom is -0.479 e. The Bertz CT molecular complexity index is 2010. The lowest BCUT2D eigenvalue weighted by atomic mass is 9.98. The van der Waals surface area contributed by atoms with Gasteiger partial charge in [0.2, 0.25) is 0 Å². The molecule has 1 heterocycles. The molecule has 0 saturated carbocycles. The van der Waals surface area contributed by atoms with E-state index in [2.05, 4.69) is 154 Å². The molecule has 0 spiro atoms. The second-order valence-corrected chi connectivity index (χ2v) is 19.9. The van der Waals surface area contributed by atoms with Crippen molar-refractivity contribution in [1.29, 1.82) is 0 Å². The number of rotatable bonds is 49.